The van der Waals surface area contributed by atoms with E-state index in [1.54, 1.807) is 12.1 Å². The lowest BCUT2D eigenvalue weighted by Crippen LogP contribution is -2.05. The van der Waals surface area contributed by atoms with Gasteiger partial charge in [0, 0.05) is 12.1 Å². The predicted octanol–water partition coefficient (Wildman–Crippen LogP) is 3.23. The summed E-state index contributed by atoms with van der Waals surface area (Å²) in [6, 6.07) is 7.12. The first-order chi connectivity index (χ1) is 7.75. The van der Waals surface area contributed by atoms with Crippen LogP contribution in [0.4, 0.5) is 5.69 Å². The van der Waals surface area contributed by atoms with Crippen LogP contribution in [0.25, 0.3) is 0 Å². The maximum atomic E-state index is 11.0. The Balaban J connectivity index is 2.05. The summed E-state index contributed by atoms with van der Waals surface area (Å²) in [5.41, 5.74) is 0.630. The van der Waals surface area contributed by atoms with Crippen molar-refractivity contribution < 1.29 is 4.74 Å². The highest BCUT2D eigenvalue weighted by Gasteiger charge is 2.02. The summed E-state index contributed by atoms with van der Waals surface area (Å²) in [6.07, 6.45) is 8.03. The number of anilines is 1. The SMILES string of the molecule is CN([O-])c1ccc(OC2=CC=CCC2)cc1. The van der Waals surface area contributed by atoms with E-state index in [-0.39, 0.29) is 0 Å². The number of ether oxygens (including phenoxy) is 1. The lowest BCUT2D eigenvalue weighted by Gasteiger charge is -2.24. The van der Waals surface area contributed by atoms with Crippen molar-refractivity contribution in [2.45, 2.75) is 12.8 Å². The van der Waals surface area contributed by atoms with Crippen LogP contribution < -0.4 is 9.80 Å². The molecular formula is C13H14NO2-. The molecule has 0 fully saturated rings. The van der Waals surface area contributed by atoms with Crippen molar-refractivity contribution in [3.63, 3.8) is 0 Å². The molecule has 0 N–H and O–H groups in total. The first-order valence-electron chi connectivity index (χ1n) is 5.30. The highest BCUT2D eigenvalue weighted by atomic mass is 16.5. The molecule has 0 atom stereocenters. The fourth-order valence-corrected chi connectivity index (χ4v) is 1.54. The molecule has 1 aliphatic carbocycles. The second-order valence-corrected chi connectivity index (χ2v) is 3.69. The minimum atomic E-state index is 0.630. The molecule has 2 rings (SSSR count). The maximum absolute atomic E-state index is 11.0. The molecule has 0 saturated heterocycles. The highest BCUT2D eigenvalue weighted by molar-refractivity contribution is 5.49. The summed E-state index contributed by atoms with van der Waals surface area (Å²) >= 11 is 0. The summed E-state index contributed by atoms with van der Waals surface area (Å²) < 4.78 is 5.68. The summed E-state index contributed by atoms with van der Waals surface area (Å²) in [6.45, 7) is 0. The molecular weight excluding hydrogens is 202 g/mol. The number of allylic oxidation sites excluding steroid dienone is 4. The van der Waals surface area contributed by atoms with E-state index >= 15 is 0 Å². The van der Waals surface area contributed by atoms with E-state index in [0.29, 0.717) is 5.69 Å². The van der Waals surface area contributed by atoms with Gasteiger partial charge in [-0.3, -0.25) is 0 Å². The zero-order valence-electron chi connectivity index (χ0n) is 9.22. The van der Waals surface area contributed by atoms with Gasteiger partial charge in [0.1, 0.15) is 11.5 Å². The zero-order chi connectivity index (χ0) is 11.4. The largest absolute Gasteiger partial charge is 0.758 e. The first kappa shape index (κ1) is 10.8. The topological polar surface area (TPSA) is 35.5 Å². The van der Waals surface area contributed by atoms with Crippen LogP contribution in [0.3, 0.4) is 0 Å². The number of nitrogens with zero attached hydrogens (tertiary/aromatic N) is 1. The van der Waals surface area contributed by atoms with Crippen LogP contribution in [-0.4, -0.2) is 7.05 Å². The molecule has 3 heteroatoms. The van der Waals surface area contributed by atoms with Crippen molar-refractivity contribution in [3.05, 3.63) is 53.5 Å². The van der Waals surface area contributed by atoms with Gasteiger partial charge in [0.25, 0.3) is 0 Å². The fraction of sp³-hybridized carbons (Fsp3) is 0.231. The van der Waals surface area contributed by atoms with E-state index in [4.69, 9.17) is 4.74 Å². The van der Waals surface area contributed by atoms with Gasteiger partial charge in [0.15, 0.2) is 0 Å². The third-order valence-electron chi connectivity index (χ3n) is 2.42. The van der Waals surface area contributed by atoms with Gasteiger partial charge >= 0.3 is 0 Å². The summed E-state index contributed by atoms with van der Waals surface area (Å²) in [5.74, 6) is 1.73. The Morgan fingerprint density at radius 1 is 1.25 bits per heavy atom. The number of benzene rings is 1. The van der Waals surface area contributed by atoms with Crippen LogP contribution in [0.1, 0.15) is 12.8 Å². The Morgan fingerprint density at radius 2 is 2.00 bits per heavy atom. The van der Waals surface area contributed by atoms with Crippen LogP contribution in [0.5, 0.6) is 5.75 Å². The second-order valence-electron chi connectivity index (χ2n) is 3.69. The number of hydroxylamine groups is 1. The van der Waals surface area contributed by atoms with Gasteiger partial charge in [0.05, 0.1) is 0 Å². The van der Waals surface area contributed by atoms with E-state index in [9.17, 15) is 5.21 Å². The van der Waals surface area contributed by atoms with E-state index < -0.39 is 0 Å². The third kappa shape index (κ3) is 2.64. The number of hydrogen-bond donors (Lipinski definition) is 0. The maximum Gasteiger partial charge on any atom is 0.127 e. The lowest BCUT2D eigenvalue weighted by molar-refractivity contribution is 0.403. The van der Waals surface area contributed by atoms with Crippen LogP contribution in [-0.2, 0) is 0 Å². The average Bonchev–Trinajstić information content (AvgIpc) is 2.31. The molecule has 0 spiro atoms. The highest BCUT2D eigenvalue weighted by Crippen LogP contribution is 2.22. The Bertz CT molecular complexity index is 404. The van der Waals surface area contributed by atoms with Crippen molar-refractivity contribution >= 4 is 5.69 Å². The van der Waals surface area contributed by atoms with Crippen LogP contribution >= 0.6 is 0 Å². The molecule has 0 saturated carbocycles. The molecule has 1 aromatic carbocycles. The van der Waals surface area contributed by atoms with Crippen molar-refractivity contribution in [3.8, 4) is 5.75 Å². The molecule has 84 valence electrons. The molecule has 16 heavy (non-hydrogen) atoms. The normalized spacial score (nSPS) is 14.5. The Labute approximate surface area is 95.2 Å². The lowest BCUT2D eigenvalue weighted by atomic mass is 10.2. The van der Waals surface area contributed by atoms with Crippen molar-refractivity contribution in [1.82, 2.24) is 0 Å². The van der Waals surface area contributed by atoms with Gasteiger partial charge in [-0.25, -0.2) is 0 Å². The Kier molecular flexibility index (Phi) is 3.27. The summed E-state index contributed by atoms with van der Waals surface area (Å²) in [5, 5.41) is 11.8. The van der Waals surface area contributed by atoms with Gasteiger partial charge in [-0.2, -0.15) is 0 Å². The number of rotatable bonds is 3. The van der Waals surface area contributed by atoms with Crippen molar-refractivity contribution in [2.24, 2.45) is 0 Å². The van der Waals surface area contributed by atoms with Crippen LogP contribution in [0.15, 0.2) is 48.3 Å². The van der Waals surface area contributed by atoms with Crippen LogP contribution in [0.2, 0.25) is 0 Å². The van der Waals surface area contributed by atoms with Gasteiger partial charge in [-0.05, 0) is 43.8 Å². The van der Waals surface area contributed by atoms with Gasteiger partial charge < -0.3 is 15.0 Å². The minimum Gasteiger partial charge on any atom is -0.758 e. The van der Waals surface area contributed by atoms with Crippen molar-refractivity contribution in [2.75, 3.05) is 12.1 Å². The van der Waals surface area contributed by atoms with Gasteiger partial charge in [-0.1, -0.05) is 12.2 Å². The second kappa shape index (κ2) is 4.86. The predicted molar refractivity (Wildman–Crippen MR) is 65.3 cm³/mol. The molecule has 0 radical (unpaired) electrons. The zero-order valence-corrected chi connectivity index (χ0v) is 9.22. The van der Waals surface area contributed by atoms with Crippen LogP contribution in [0, 0.1) is 5.21 Å². The monoisotopic (exact) mass is 216 g/mol. The standard InChI is InChI=1S/C13H14NO2/c1-14(15)11-7-9-13(10-8-11)16-12-5-3-2-4-6-12/h2-3,5,7-10H,4,6H2,1H3/q-1. The average molecular weight is 216 g/mol. The Hall–Kier alpha value is -1.74. The molecule has 1 aliphatic rings. The van der Waals surface area contributed by atoms with E-state index in [1.807, 2.05) is 24.3 Å². The van der Waals surface area contributed by atoms with E-state index in [1.165, 1.54) is 7.05 Å². The quantitative estimate of drug-likeness (QED) is 0.727. The molecule has 1 aromatic rings. The van der Waals surface area contributed by atoms with Gasteiger partial charge in [-0.15, -0.1) is 0 Å². The molecule has 0 aliphatic heterocycles. The smallest absolute Gasteiger partial charge is 0.127 e. The molecule has 0 amide bonds. The molecule has 0 unspecified atom stereocenters. The van der Waals surface area contributed by atoms with E-state index in [0.717, 1.165) is 29.4 Å². The molecule has 0 heterocycles. The first-order valence-corrected chi connectivity index (χ1v) is 5.30. The summed E-state index contributed by atoms with van der Waals surface area (Å²) in [7, 11) is 1.48. The third-order valence-corrected chi connectivity index (χ3v) is 2.42. The molecule has 0 aromatic heterocycles. The van der Waals surface area contributed by atoms with Crippen molar-refractivity contribution in [1.29, 1.82) is 0 Å². The molecule has 3 nitrogen and oxygen atoms in total. The number of hydrogen-bond acceptors (Lipinski definition) is 3. The van der Waals surface area contributed by atoms with E-state index in [2.05, 4.69) is 6.08 Å². The summed E-state index contributed by atoms with van der Waals surface area (Å²) in [4.78, 5) is 0. The fourth-order valence-electron chi connectivity index (χ4n) is 1.54. The Morgan fingerprint density at radius 3 is 2.56 bits per heavy atom. The minimum absolute atomic E-state index is 0.630. The molecule has 0 bridgehead atoms. The van der Waals surface area contributed by atoms with Gasteiger partial charge in [0.2, 0.25) is 0 Å².